The number of hydroxylamine groups is 1. The van der Waals surface area contributed by atoms with E-state index in [1.807, 2.05) is 12.1 Å². The molecule has 0 saturated heterocycles. The summed E-state index contributed by atoms with van der Waals surface area (Å²) >= 11 is 12.3. The standard InChI is InChI=1S/C21H24Cl2N2O2/c1-25(12-4-7-21(26)24-27)20-11-9-15(16-5-2-3-6-17(16)20)14-8-10-18(22)19(23)13-14/h2-3,5-6,8,10,13,15,20,27H,4,7,9,11-12H2,1H3,(H,24,26)/t15-,20-/m0/s1. The second-order valence-corrected chi connectivity index (χ2v) is 7.88. The quantitative estimate of drug-likeness (QED) is 0.513. The fraction of sp³-hybridized carbons (Fsp3) is 0.381. The Kier molecular flexibility index (Phi) is 6.77. The van der Waals surface area contributed by atoms with E-state index in [2.05, 4.69) is 42.3 Å². The molecule has 4 nitrogen and oxygen atoms in total. The number of carbonyl (C=O) groups excluding carboxylic acids is 1. The molecule has 0 spiro atoms. The van der Waals surface area contributed by atoms with Gasteiger partial charge in [0.15, 0.2) is 0 Å². The van der Waals surface area contributed by atoms with Crippen LogP contribution in [0.25, 0.3) is 0 Å². The maximum Gasteiger partial charge on any atom is 0.243 e. The molecule has 2 N–H and O–H groups in total. The smallest absolute Gasteiger partial charge is 0.243 e. The van der Waals surface area contributed by atoms with E-state index in [1.54, 1.807) is 5.48 Å². The Morgan fingerprint density at radius 2 is 1.89 bits per heavy atom. The van der Waals surface area contributed by atoms with Crippen LogP contribution >= 0.6 is 23.2 Å². The van der Waals surface area contributed by atoms with Crippen molar-refractivity contribution in [1.29, 1.82) is 0 Å². The minimum absolute atomic E-state index is 0.306. The number of benzene rings is 2. The highest BCUT2D eigenvalue weighted by Crippen LogP contribution is 2.44. The molecule has 0 heterocycles. The number of rotatable bonds is 6. The van der Waals surface area contributed by atoms with Crippen LogP contribution in [0.4, 0.5) is 0 Å². The Bertz CT molecular complexity index is 813. The number of nitrogens with one attached hydrogen (secondary N) is 1. The fourth-order valence-corrected chi connectivity index (χ4v) is 4.31. The van der Waals surface area contributed by atoms with Crippen molar-refractivity contribution in [3.63, 3.8) is 0 Å². The summed E-state index contributed by atoms with van der Waals surface area (Å²) in [4.78, 5) is 13.5. The second-order valence-electron chi connectivity index (χ2n) is 7.07. The zero-order chi connectivity index (χ0) is 19.4. The van der Waals surface area contributed by atoms with Gasteiger partial charge in [-0.15, -0.1) is 0 Å². The van der Waals surface area contributed by atoms with Crippen molar-refractivity contribution in [1.82, 2.24) is 10.4 Å². The van der Waals surface area contributed by atoms with Gasteiger partial charge >= 0.3 is 0 Å². The van der Waals surface area contributed by atoms with Crippen molar-refractivity contribution in [2.75, 3.05) is 13.6 Å². The van der Waals surface area contributed by atoms with Gasteiger partial charge in [0.2, 0.25) is 5.91 Å². The average Bonchev–Trinajstić information content (AvgIpc) is 2.69. The normalized spacial score (nSPS) is 19.0. The maximum absolute atomic E-state index is 11.2. The van der Waals surface area contributed by atoms with Gasteiger partial charge in [0, 0.05) is 18.4 Å². The van der Waals surface area contributed by atoms with Gasteiger partial charge in [-0.2, -0.15) is 0 Å². The van der Waals surface area contributed by atoms with E-state index in [1.165, 1.54) is 16.7 Å². The molecule has 0 aliphatic heterocycles. The van der Waals surface area contributed by atoms with Gasteiger partial charge in [0.05, 0.1) is 10.0 Å². The summed E-state index contributed by atoms with van der Waals surface area (Å²) < 4.78 is 0. The van der Waals surface area contributed by atoms with Gasteiger partial charge in [-0.3, -0.25) is 14.9 Å². The Morgan fingerprint density at radius 3 is 2.59 bits per heavy atom. The zero-order valence-electron chi connectivity index (χ0n) is 15.3. The molecule has 0 aromatic heterocycles. The molecule has 1 aliphatic rings. The van der Waals surface area contributed by atoms with Gasteiger partial charge in [0.25, 0.3) is 0 Å². The molecule has 0 radical (unpaired) electrons. The van der Waals surface area contributed by atoms with Crippen molar-refractivity contribution in [2.24, 2.45) is 0 Å². The topological polar surface area (TPSA) is 52.6 Å². The third-order valence-corrected chi connectivity index (χ3v) is 6.12. The number of hydrogen-bond acceptors (Lipinski definition) is 3. The molecule has 2 atom stereocenters. The van der Waals surface area contributed by atoms with E-state index >= 15 is 0 Å². The molecule has 3 rings (SSSR count). The largest absolute Gasteiger partial charge is 0.299 e. The van der Waals surface area contributed by atoms with Crippen LogP contribution in [0.3, 0.4) is 0 Å². The maximum atomic E-state index is 11.2. The highest BCUT2D eigenvalue weighted by Gasteiger charge is 2.30. The van der Waals surface area contributed by atoms with E-state index in [-0.39, 0.29) is 5.91 Å². The SMILES string of the molecule is CN(CCCC(=O)NO)[C@H]1CC[C@@H](c2ccc(Cl)c(Cl)c2)c2ccccc21. The van der Waals surface area contributed by atoms with E-state index < -0.39 is 0 Å². The van der Waals surface area contributed by atoms with Crippen molar-refractivity contribution < 1.29 is 10.0 Å². The minimum Gasteiger partial charge on any atom is -0.299 e. The number of amides is 1. The molecule has 0 fully saturated rings. The summed E-state index contributed by atoms with van der Waals surface area (Å²) in [5, 5.41) is 9.79. The van der Waals surface area contributed by atoms with Crippen LogP contribution in [0.5, 0.6) is 0 Å². The summed E-state index contributed by atoms with van der Waals surface area (Å²) in [6, 6.07) is 14.8. The zero-order valence-corrected chi connectivity index (χ0v) is 16.8. The molecule has 1 aliphatic carbocycles. The van der Waals surface area contributed by atoms with Crippen molar-refractivity contribution in [3.8, 4) is 0 Å². The Morgan fingerprint density at radius 1 is 1.15 bits per heavy atom. The highest BCUT2D eigenvalue weighted by atomic mass is 35.5. The first-order valence-electron chi connectivity index (χ1n) is 9.18. The lowest BCUT2D eigenvalue weighted by atomic mass is 9.76. The van der Waals surface area contributed by atoms with Crippen molar-refractivity contribution >= 4 is 29.1 Å². The first kappa shape index (κ1) is 20.2. The number of hydrogen-bond donors (Lipinski definition) is 2. The fourth-order valence-electron chi connectivity index (χ4n) is 4.00. The molecule has 0 unspecified atom stereocenters. The number of halogens is 2. The third-order valence-electron chi connectivity index (χ3n) is 5.38. The van der Waals surface area contributed by atoms with Crippen LogP contribution in [0.15, 0.2) is 42.5 Å². The molecule has 27 heavy (non-hydrogen) atoms. The van der Waals surface area contributed by atoms with Gasteiger partial charge in [0.1, 0.15) is 0 Å². The molecule has 0 bridgehead atoms. The Hall–Kier alpha value is -1.59. The molecular formula is C21H24Cl2N2O2. The van der Waals surface area contributed by atoms with Gasteiger partial charge in [-0.05, 0) is 61.7 Å². The number of fused-ring (bicyclic) bond motifs is 1. The van der Waals surface area contributed by atoms with E-state index in [0.717, 1.165) is 19.4 Å². The average molecular weight is 407 g/mol. The monoisotopic (exact) mass is 406 g/mol. The molecule has 6 heteroatoms. The van der Waals surface area contributed by atoms with Gasteiger partial charge in [-0.25, -0.2) is 5.48 Å². The third kappa shape index (κ3) is 4.64. The van der Waals surface area contributed by atoms with Gasteiger partial charge in [-0.1, -0.05) is 53.5 Å². The van der Waals surface area contributed by atoms with Crippen LogP contribution in [0.2, 0.25) is 10.0 Å². The summed E-state index contributed by atoms with van der Waals surface area (Å²) in [7, 11) is 2.10. The Labute approximate surface area is 170 Å². The van der Waals surface area contributed by atoms with Gasteiger partial charge < -0.3 is 0 Å². The molecule has 2 aromatic rings. The molecule has 1 amide bonds. The van der Waals surface area contributed by atoms with Crippen LogP contribution in [-0.2, 0) is 4.79 Å². The lowest BCUT2D eigenvalue weighted by Gasteiger charge is -2.37. The summed E-state index contributed by atoms with van der Waals surface area (Å²) in [6.45, 7) is 0.795. The highest BCUT2D eigenvalue weighted by molar-refractivity contribution is 6.42. The summed E-state index contributed by atoms with van der Waals surface area (Å²) in [5.74, 6) is -0.0343. The first-order valence-corrected chi connectivity index (χ1v) is 9.93. The van der Waals surface area contributed by atoms with Crippen LogP contribution in [0, 0.1) is 0 Å². The minimum atomic E-state index is -0.341. The number of carbonyl (C=O) groups is 1. The lowest BCUT2D eigenvalue weighted by molar-refractivity contribution is -0.129. The number of nitrogens with zero attached hydrogens (tertiary/aromatic N) is 1. The molecule has 144 valence electrons. The van der Waals surface area contributed by atoms with Crippen molar-refractivity contribution in [2.45, 2.75) is 37.6 Å². The predicted octanol–water partition coefficient (Wildman–Crippen LogP) is 5.18. The summed E-state index contributed by atoms with van der Waals surface area (Å²) in [5.41, 5.74) is 5.53. The lowest BCUT2D eigenvalue weighted by Crippen LogP contribution is -2.30. The molecular weight excluding hydrogens is 383 g/mol. The van der Waals surface area contributed by atoms with E-state index in [0.29, 0.717) is 34.8 Å². The second kappa shape index (κ2) is 9.07. The van der Waals surface area contributed by atoms with Crippen molar-refractivity contribution in [3.05, 3.63) is 69.2 Å². The summed E-state index contributed by atoms with van der Waals surface area (Å²) in [6.07, 6.45) is 3.09. The molecule has 0 saturated carbocycles. The van der Waals surface area contributed by atoms with Crippen LogP contribution in [0.1, 0.15) is 54.3 Å². The predicted molar refractivity (Wildman–Crippen MR) is 109 cm³/mol. The van der Waals surface area contributed by atoms with Crippen LogP contribution in [-0.4, -0.2) is 29.6 Å². The molecule has 2 aromatic carbocycles. The van der Waals surface area contributed by atoms with E-state index in [4.69, 9.17) is 28.4 Å². The first-order chi connectivity index (χ1) is 13.0. The Balaban J connectivity index is 1.79. The van der Waals surface area contributed by atoms with Crippen LogP contribution < -0.4 is 5.48 Å². The van der Waals surface area contributed by atoms with E-state index in [9.17, 15) is 4.79 Å².